The lowest BCUT2D eigenvalue weighted by atomic mass is 9.92. The molecule has 0 spiro atoms. The molecule has 1 aromatic heterocycles. The van der Waals surface area contributed by atoms with Crippen LogP contribution >= 0.6 is 12.4 Å². The molecule has 1 atom stereocenters. The van der Waals surface area contributed by atoms with E-state index in [1.165, 1.54) is 6.26 Å². The number of hydrogen-bond donors (Lipinski definition) is 1. The molecule has 23 heavy (non-hydrogen) atoms. The zero-order valence-corrected chi connectivity index (χ0v) is 13.9. The Morgan fingerprint density at radius 2 is 2.13 bits per heavy atom. The summed E-state index contributed by atoms with van der Waals surface area (Å²) in [4.78, 5) is 16.8. The summed E-state index contributed by atoms with van der Waals surface area (Å²) >= 11 is 0. The van der Waals surface area contributed by atoms with Gasteiger partial charge in [-0.25, -0.2) is 0 Å². The number of aliphatic imine (C=N–C) groups is 1. The zero-order valence-electron chi connectivity index (χ0n) is 13.0. The molecule has 1 amide bonds. The maximum absolute atomic E-state index is 12.0. The Morgan fingerprint density at radius 1 is 1.30 bits per heavy atom. The van der Waals surface area contributed by atoms with Gasteiger partial charge >= 0.3 is 0 Å². The minimum atomic E-state index is -0.423. The van der Waals surface area contributed by atoms with E-state index < -0.39 is 5.54 Å². The van der Waals surface area contributed by atoms with Gasteiger partial charge in [-0.15, -0.1) is 12.4 Å². The van der Waals surface area contributed by atoms with Crippen LogP contribution in [0, 0.1) is 0 Å². The fraction of sp³-hybridized carbons (Fsp3) is 0.294. The number of furan rings is 1. The molecule has 3 rings (SSSR count). The SMILES string of the molecule is CC1=NC(C)(c2cccc(NC(=O)c3ccco3)c2)COC1.Cl. The molecule has 0 saturated carbocycles. The second kappa shape index (κ2) is 6.98. The summed E-state index contributed by atoms with van der Waals surface area (Å²) in [5, 5.41) is 2.83. The summed E-state index contributed by atoms with van der Waals surface area (Å²) in [5.41, 5.74) is 2.26. The molecule has 0 aliphatic carbocycles. The molecule has 1 aliphatic rings. The van der Waals surface area contributed by atoms with Gasteiger partial charge in [0.1, 0.15) is 5.54 Å². The number of nitrogens with one attached hydrogen (secondary N) is 1. The Labute approximate surface area is 141 Å². The molecule has 0 radical (unpaired) electrons. The summed E-state index contributed by atoms with van der Waals surface area (Å²) in [7, 11) is 0. The highest BCUT2D eigenvalue weighted by atomic mass is 35.5. The standard InChI is InChI=1S/C17H18N2O3.ClH/c1-12-10-21-11-17(2,19-12)13-5-3-6-14(9-13)18-16(20)15-7-4-8-22-15;/h3-9H,10-11H2,1-2H3,(H,18,20);1H. The molecule has 0 fully saturated rings. The van der Waals surface area contributed by atoms with Crippen molar-refractivity contribution in [1.29, 1.82) is 0 Å². The van der Waals surface area contributed by atoms with Gasteiger partial charge in [-0.1, -0.05) is 12.1 Å². The molecule has 1 N–H and O–H groups in total. The van der Waals surface area contributed by atoms with Crippen LogP contribution in [0.1, 0.15) is 30.0 Å². The van der Waals surface area contributed by atoms with Crippen LogP contribution in [-0.2, 0) is 10.3 Å². The van der Waals surface area contributed by atoms with E-state index in [9.17, 15) is 4.79 Å². The summed E-state index contributed by atoms with van der Waals surface area (Å²) in [6, 6.07) is 11.0. The topological polar surface area (TPSA) is 63.8 Å². The van der Waals surface area contributed by atoms with Gasteiger partial charge in [-0.2, -0.15) is 0 Å². The quantitative estimate of drug-likeness (QED) is 0.931. The molecule has 1 aromatic carbocycles. The van der Waals surface area contributed by atoms with Gasteiger partial charge in [0.2, 0.25) is 0 Å². The lowest BCUT2D eigenvalue weighted by Crippen LogP contribution is -2.33. The zero-order chi connectivity index (χ0) is 15.6. The van der Waals surface area contributed by atoms with Crippen molar-refractivity contribution in [1.82, 2.24) is 0 Å². The van der Waals surface area contributed by atoms with Gasteiger partial charge in [0, 0.05) is 11.4 Å². The molecule has 5 nitrogen and oxygen atoms in total. The molecule has 2 heterocycles. The van der Waals surface area contributed by atoms with Crippen LogP contribution in [0.15, 0.2) is 52.1 Å². The number of carbonyl (C=O) groups excluding carboxylic acids is 1. The van der Waals surface area contributed by atoms with E-state index in [0.29, 0.717) is 18.9 Å². The van der Waals surface area contributed by atoms with Gasteiger partial charge in [0.15, 0.2) is 5.76 Å². The number of hydrogen-bond acceptors (Lipinski definition) is 4. The second-order valence-electron chi connectivity index (χ2n) is 5.63. The lowest BCUT2D eigenvalue weighted by Gasteiger charge is -2.30. The average Bonchev–Trinajstić information content (AvgIpc) is 3.01. The first-order valence-electron chi connectivity index (χ1n) is 7.15. The molecular weight excluding hydrogens is 316 g/mol. The minimum Gasteiger partial charge on any atom is -0.459 e. The lowest BCUT2D eigenvalue weighted by molar-refractivity contribution is 0.0996. The molecule has 1 unspecified atom stereocenters. The number of carbonyl (C=O) groups is 1. The van der Waals surface area contributed by atoms with Crippen molar-refractivity contribution in [3.8, 4) is 0 Å². The van der Waals surface area contributed by atoms with E-state index in [1.54, 1.807) is 12.1 Å². The average molecular weight is 335 g/mol. The summed E-state index contributed by atoms with van der Waals surface area (Å²) in [6.45, 7) is 5.09. The molecule has 6 heteroatoms. The van der Waals surface area contributed by atoms with Crippen LogP contribution in [0.3, 0.4) is 0 Å². The van der Waals surface area contributed by atoms with E-state index in [0.717, 1.165) is 11.3 Å². The van der Waals surface area contributed by atoms with Crippen molar-refractivity contribution in [3.63, 3.8) is 0 Å². The molecule has 122 valence electrons. The van der Waals surface area contributed by atoms with Gasteiger partial charge in [-0.3, -0.25) is 9.79 Å². The van der Waals surface area contributed by atoms with Crippen LogP contribution in [0.4, 0.5) is 5.69 Å². The normalized spacial score (nSPS) is 20.3. The fourth-order valence-electron chi connectivity index (χ4n) is 2.56. The smallest absolute Gasteiger partial charge is 0.291 e. The molecule has 1 aliphatic heterocycles. The van der Waals surface area contributed by atoms with Crippen LogP contribution < -0.4 is 5.32 Å². The van der Waals surface area contributed by atoms with Crippen LogP contribution in [0.5, 0.6) is 0 Å². The number of ether oxygens (including phenoxy) is 1. The van der Waals surface area contributed by atoms with E-state index in [-0.39, 0.29) is 24.1 Å². The van der Waals surface area contributed by atoms with E-state index in [4.69, 9.17) is 14.1 Å². The van der Waals surface area contributed by atoms with Gasteiger partial charge in [0.25, 0.3) is 5.91 Å². The number of halogens is 1. The predicted octanol–water partition coefficient (Wildman–Crippen LogP) is 3.66. The Morgan fingerprint density at radius 3 is 2.83 bits per heavy atom. The monoisotopic (exact) mass is 334 g/mol. The molecular formula is C17H19ClN2O3. The first kappa shape index (κ1) is 17.2. The summed E-state index contributed by atoms with van der Waals surface area (Å²) < 4.78 is 10.7. The Bertz CT molecular complexity index is 712. The van der Waals surface area contributed by atoms with E-state index >= 15 is 0 Å². The summed E-state index contributed by atoms with van der Waals surface area (Å²) in [6.07, 6.45) is 1.48. The third kappa shape index (κ3) is 3.81. The number of rotatable bonds is 3. The maximum atomic E-state index is 12.0. The van der Waals surface area contributed by atoms with Gasteiger partial charge < -0.3 is 14.5 Å². The predicted molar refractivity (Wildman–Crippen MR) is 91.6 cm³/mol. The fourth-order valence-corrected chi connectivity index (χ4v) is 2.56. The van der Waals surface area contributed by atoms with Crippen molar-refractivity contribution >= 4 is 29.7 Å². The van der Waals surface area contributed by atoms with Crippen molar-refractivity contribution in [2.45, 2.75) is 19.4 Å². The first-order valence-corrected chi connectivity index (χ1v) is 7.15. The number of benzene rings is 1. The minimum absolute atomic E-state index is 0. The molecule has 2 aromatic rings. The van der Waals surface area contributed by atoms with Crippen LogP contribution in [0.2, 0.25) is 0 Å². The highest BCUT2D eigenvalue weighted by molar-refractivity contribution is 6.02. The first-order chi connectivity index (χ1) is 10.6. The highest BCUT2D eigenvalue weighted by Gasteiger charge is 2.29. The number of amides is 1. The Hall–Kier alpha value is -2.11. The largest absolute Gasteiger partial charge is 0.459 e. The number of nitrogens with zero attached hydrogens (tertiary/aromatic N) is 1. The second-order valence-corrected chi connectivity index (χ2v) is 5.63. The van der Waals surface area contributed by atoms with E-state index in [1.807, 2.05) is 38.1 Å². The van der Waals surface area contributed by atoms with Gasteiger partial charge in [0.05, 0.1) is 19.5 Å². The van der Waals surface area contributed by atoms with Crippen LogP contribution in [0.25, 0.3) is 0 Å². The molecule has 0 bridgehead atoms. The van der Waals surface area contributed by atoms with E-state index in [2.05, 4.69) is 5.32 Å². The summed E-state index contributed by atoms with van der Waals surface area (Å²) in [5.74, 6) is 0.0124. The van der Waals surface area contributed by atoms with Crippen molar-refractivity contribution in [3.05, 3.63) is 54.0 Å². The third-order valence-electron chi connectivity index (χ3n) is 3.62. The highest BCUT2D eigenvalue weighted by Crippen LogP contribution is 2.30. The number of anilines is 1. The maximum Gasteiger partial charge on any atom is 0.291 e. The Balaban J connectivity index is 0.00000192. The van der Waals surface area contributed by atoms with Crippen molar-refractivity contribution in [2.75, 3.05) is 18.5 Å². The Kier molecular flexibility index (Phi) is 5.23. The molecule has 0 saturated heterocycles. The van der Waals surface area contributed by atoms with Crippen molar-refractivity contribution < 1.29 is 13.9 Å². The van der Waals surface area contributed by atoms with Gasteiger partial charge in [-0.05, 0) is 43.7 Å². The third-order valence-corrected chi connectivity index (χ3v) is 3.62. The van der Waals surface area contributed by atoms with Crippen molar-refractivity contribution in [2.24, 2.45) is 4.99 Å². The van der Waals surface area contributed by atoms with Crippen LogP contribution in [-0.4, -0.2) is 24.8 Å².